The van der Waals surface area contributed by atoms with Gasteiger partial charge in [-0.25, -0.2) is 0 Å². The lowest BCUT2D eigenvalue weighted by Gasteiger charge is -2.17. The number of hydrogen-bond acceptors (Lipinski definition) is 3. The van der Waals surface area contributed by atoms with Gasteiger partial charge in [-0.1, -0.05) is 23.7 Å². The van der Waals surface area contributed by atoms with E-state index in [1.54, 1.807) is 29.2 Å². The molecule has 2 rings (SSSR count). The lowest BCUT2D eigenvalue weighted by molar-refractivity contribution is 0.0792. The van der Waals surface area contributed by atoms with Crippen LogP contribution in [0.25, 0.3) is 0 Å². The van der Waals surface area contributed by atoms with Gasteiger partial charge in [0.15, 0.2) is 0 Å². The van der Waals surface area contributed by atoms with Gasteiger partial charge in [0.25, 0.3) is 5.91 Å². The van der Waals surface area contributed by atoms with Crippen LogP contribution in [0.2, 0.25) is 10.8 Å². The standard InChI is InChI=1S/C11H13BClNO3/c13-10-4-2-1-3-9(10)11(15)14-6-5-8(7-14)12(16)17/h1-4,8,16-17H,5-7H2/t8-/m0/s1. The number of likely N-dealkylation sites (tertiary alicyclic amines) is 1. The third-order valence-electron chi connectivity index (χ3n) is 3.04. The van der Waals surface area contributed by atoms with Gasteiger partial charge in [-0.15, -0.1) is 0 Å². The maximum absolute atomic E-state index is 12.1. The maximum Gasteiger partial charge on any atom is 0.456 e. The molecular formula is C11H13BClNO3. The number of halogens is 1. The molecule has 1 heterocycles. The van der Waals surface area contributed by atoms with Gasteiger partial charge in [-0.2, -0.15) is 0 Å². The highest BCUT2D eigenvalue weighted by Crippen LogP contribution is 2.26. The normalized spacial score (nSPS) is 19.5. The molecule has 2 N–H and O–H groups in total. The molecule has 1 aromatic carbocycles. The summed E-state index contributed by atoms with van der Waals surface area (Å²) >= 11 is 5.95. The van der Waals surface area contributed by atoms with Crippen LogP contribution in [0.4, 0.5) is 0 Å². The summed E-state index contributed by atoms with van der Waals surface area (Å²) in [4.78, 5) is 13.7. The molecule has 17 heavy (non-hydrogen) atoms. The lowest BCUT2D eigenvalue weighted by Crippen LogP contribution is -2.30. The predicted octanol–water partition coefficient (Wildman–Crippen LogP) is 1.03. The molecule has 0 aliphatic carbocycles. The Morgan fingerprint density at radius 1 is 1.41 bits per heavy atom. The van der Waals surface area contributed by atoms with Crippen LogP contribution in [0.5, 0.6) is 0 Å². The second kappa shape index (κ2) is 5.08. The molecule has 1 aromatic rings. The van der Waals surface area contributed by atoms with Gasteiger partial charge in [-0.05, 0) is 18.6 Å². The monoisotopic (exact) mass is 253 g/mol. The molecule has 0 spiro atoms. The van der Waals surface area contributed by atoms with Gasteiger partial charge >= 0.3 is 7.12 Å². The number of amides is 1. The van der Waals surface area contributed by atoms with E-state index >= 15 is 0 Å². The van der Waals surface area contributed by atoms with Gasteiger partial charge in [-0.3, -0.25) is 4.79 Å². The Kier molecular flexibility index (Phi) is 3.71. The van der Waals surface area contributed by atoms with Crippen LogP contribution in [0, 0.1) is 0 Å². The van der Waals surface area contributed by atoms with E-state index in [4.69, 9.17) is 21.6 Å². The Balaban J connectivity index is 2.10. The molecule has 1 amide bonds. The van der Waals surface area contributed by atoms with Crippen LogP contribution in [0.1, 0.15) is 16.8 Å². The number of carbonyl (C=O) groups excluding carboxylic acids is 1. The Morgan fingerprint density at radius 2 is 2.12 bits per heavy atom. The van der Waals surface area contributed by atoms with Crippen LogP contribution < -0.4 is 0 Å². The van der Waals surface area contributed by atoms with Gasteiger partial charge in [0.1, 0.15) is 0 Å². The first-order valence-electron chi connectivity index (χ1n) is 5.49. The minimum Gasteiger partial charge on any atom is -0.427 e. The fraction of sp³-hybridized carbons (Fsp3) is 0.364. The van der Waals surface area contributed by atoms with Crippen LogP contribution >= 0.6 is 11.6 Å². The smallest absolute Gasteiger partial charge is 0.427 e. The molecule has 0 radical (unpaired) electrons. The summed E-state index contributed by atoms with van der Waals surface area (Å²) in [5, 5.41) is 18.6. The zero-order valence-corrected chi connectivity index (χ0v) is 9.97. The third kappa shape index (κ3) is 2.62. The Hall–Kier alpha value is -1.04. The van der Waals surface area contributed by atoms with Crippen LogP contribution in [0.15, 0.2) is 24.3 Å². The van der Waals surface area contributed by atoms with Crippen molar-refractivity contribution in [3.8, 4) is 0 Å². The summed E-state index contributed by atoms with van der Waals surface area (Å²) in [5.41, 5.74) is 0.460. The zero-order chi connectivity index (χ0) is 12.4. The van der Waals surface area contributed by atoms with E-state index in [1.165, 1.54) is 0 Å². The highest BCUT2D eigenvalue weighted by atomic mass is 35.5. The fourth-order valence-electron chi connectivity index (χ4n) is 2.02. The molecule has 1 fully saturated rings. The van der Waals surface area contributed by atoms with Gasteiger partial charge in [0, 0.05) is 18.9 Å². The summed E-state index contributed by atoms with van der Waals surface area (Å²) in [6.07, 6.45) is 0.605. The molecular weight excluding hydrogens is 240 g/mol. The van der Waals surface area contributed by atoms with E-state index in [0.29, 0.717) is 30.1 Å². The molecule has 0 unspecified atom stereocenters. The molecule has 4 nitrogen and oxygen atoms in total. The van der Waals surface area contributed by atoms with Crippen molar-refractivity contribution in [3.63, 3.8) is 0 Å². The Morgan fingerprint density at radius 3 is 2.71 bits per heavy atom. The minimum absolute atomic E-state index is 0.154. The highest BCUT2D eigenvalue weighted by molar-refractivity contribution is 6.43. The third-order valence-corrected chi connectivity index (χ3v) is 3.37. The van der Waals surface area contributed by atoms with Crippen LogP contribution in [-0.4, -0.2) is 41.1 Å². The fourth-order valence-corrected chi connectivity index (χ4v) is 2.24. The second-order valence-electron chi connectivity index (χ2n) is 4.19. The van der Waals surface area contributed by atoms with E-state index in [-0.39, 0.29) is 11.7 Å². The van der Waals surface area contributed by atoms with Crippen molar-refractivity contribution >= 4 is 24.6 Å². The highest BCUT2D eigenvalue weighted by Gasteiger charge is 2.34. The summed E-state index contributed by atoms with van der Waals surface area (Å²) in [6.45, 7) is 0.897. The average molecular weight is 253 g/mol. The maximum atomic E-state index is 12.1. The number of hydrogen-bond donors (Lipinski definition) is 2. The van der Waals surface area contributed by atoms with Crippen molar-refractivity contribution in [2.45, 2.75) is 12.2 Å². The molecule has 0 bridgehead atoms. The summed E-state index contributed by atoms with van der Waals surface area (Å²) in [5.74, 6) is -0.416. The Labute approximate surface area is 105 Å². The van der Waals surface area contributed by atoms with Crippen LogP contribution in [0.3, 0.4) is 0 Å². The van der Waals surface area contributed by atoms with Crippen molar-refractivity contribution < 1.29 is 14.8 Å². The summed E-state index contributed by atoms with van der Waals surface area (Å²) in [7, 11) is -1.36. The summed E-state index contributed by atoms with van der Waals surface area (Å²) in [6, 6.07) is 6.87. The number of rotatable bonds is 2. The van der Waals surface area contributed by atoms with Crippen molar-refractivity contribution in [1.82, 2.24) is 4.90 Å². The van der Waals surface area contributed by atoms with E-state index < -0.39 is 7.12 Å². The SMILES string of the molecule is O=C(c1ccccc1Cl)N1CC[C@H](B(O)O)C1. The predicted molar refractivity (Wildman–Crippen MR) is 65.9 cm³/mol. The largest absolute Gasteiger partial charge is 0.456 e. The quantitative estimate of drug-likeness (QED) is 0.774. The van der Waals surface area contributed by atoms with E-state index in [0.717, 1.165) is 0 Å². The summed E-state index contributed by atoms with van der Waals surface area (Å²) < 4.78 is 0. The molecule has 1 aliphatic heterocycles. The van der Waals surface area contributed by atoms with Crippen molar-refractivity contribution in [3.05, 3.63) is 34.9 Å². The van der Waals surface area contributed by atoms with Gasteiger partial charge in [0.05, 0.1) is 10.6 Å². The molecule has 1 atom stereocenters. The number of carbonyl (C=O) groups is 1. The molecule has 1 saturated heterocycles. The van der Waals surface area contributed by atoms with E-state index in [2.05, 4.69) is 0 Å². The molecule has 1 aliphatic rings. The average Bonchev–Trinajstić information content (AvgIpc) is 2.78. The van der Waals surface area contributed by atoms with Gasteiger partial charge in [0.2, 0.25) is 0 Å². The second-order valence-corrected chi connectivity index (χ2v) is 4.60. The zero-order valence-electron chi connectivity index (χ0n) is 9.21. The van der Waals surface area contributed by atoms with Crippen LogP contribution in [-0.2, 0) is 0 Å². The molecule has 6 heteroatoms. The van der Waals surface area contributed by atoms with Crippen molar-refractivity contribution in [2.75, 3.05) is 13.1 Å². The van der Waals surface area contributed by atoms with Gasteiger partial charge < -0.3 is 14.9 Å². The Bertz CT molecular complexity index is 427. The van der Waals surface area contributed by atoms with E-state index in [1.807, 2.05) is 0 Å². The number of benzene rings is 1. The first-order valence-corrected chi connectivity index (χ1v) is 5.87. The molecule has 90 valence electrons. The molecule has 0 saturated carbocycles. The first-order chi connectivity index (χ1) is 8.09. The minimum atomic E-state index is -1.36. The first kappa shape index (κ1) is 12.4. The molecule has 0 aromatic heterocycles. The number of nitrogens with zero attached hydrogens (tertiary/aromatic N) is 1. The lowest BCUT2D eigenvalue weighted by atomic mass is 9.72. The van der Waals surface area contributed by atoms with Crippen molar-refractivity contribution in [1.29, 1.82) is 0 Å². The van der Waals surface area contributed by atoms with E-state index in [9.17, 15) is 4.79 Å². The van der Waals surface area contributed by atoms with Crippen molar-refractivity contribution in [2.24, 2.45) is 0 Å². The topological polar surface area (TPSA) is 60.8 Å².